The predicted octanol–water partition coefficient (Wildman–Crippen LogP) is 6.32. The van der Waals surface area contributed by atoms with Gasteiger partial charge in [-0.15, -0.1) is 11.3 Å². The molecule has 0 aliphatic carbocycles. The first-order valence-corrected chi connectivity index (χ1v) is 11.6. The first-order chi connectivity index (χ1) is 14.4. The number of thioether (sulfide) groups is 1. The number of carbonyl (C=O) groups is 1. The fourth-order valence-electron chi connectivity index (χ4n) is 3.35. The van der Waals surface area contributed by atoms with Crippen molar-refractivity contribution in [3.05, 3.63) is 70.4 Å². The lowest BCUT2D eigenvalue weighted by atomic mass is 10.0. The van der Waals surface area contributed by atoms with Crippen molar-refractivity contribution in [1.82, 2.24) is 9.97 Å². The fraction of sp³-hybridized carbons (Fsp3) is 0.208. The van der Waals surface area contributed by atoms with E-state index in [4.69, 9.17) is 0 Å². The number of benzene rings is 2. The van der Waals surface area contributed by atoms with E-state index in [1.807, 2.05) is 26.0 Å². The van der Waals surface area contributed by atoms with Gasteiger partial charge in [0.05, 0.1) is 11.1 Å². The van der Waals surface area contributed by atoms with E-state index >= 15 is 0 Å². The molecule has 4 nitrogen and oxygen atoms in total. The van der Waals surface area contributed by atoms with Crippen LogP contribution < -0.4 is 5.32 Å². The Labute approximate surface area is 184 Å². The molecule has 152 valence electrons. The van der Waals surface area contributed by atoms with Crippen LogP contribution in [0.4, 0.5) is 5.69 Å². The lowest BCUT2D eigenvalue weighted by molar-refractivity contribution is -0.113. The van der Waals surface area contributed by atoms with Crippen molar-refractivity contribution in [2.24, 2.45) is 0 Å². The summed E-state index contributed by atoms with van der Waals surface area (Å²) in [5.74, 6) is 0.253. The molecule has 0 aliphatic rings. The SMILES string of the molecule is Cc1ccc(NC(=O)CSc2ncnc3scc(-c4ccc(C)c(C)c4)c23)c(C)c1. The van der Waals surface area contributed by atoms with Crippen molar-refractivity contribution >= 4 is 44.9 Å². The summed E-state index contributed by atoms with van der Waals surface area (Å²) in [6, 6.07) is 12.5. The number of hydrogen-bond acceptors (Lipinski definition) is 5. The molecule has 0 aliphatic heterocycles. The van der Waals surface area contributed by atoms with Gasteiger partial charge in [0, 0.05) is 16.6 Å². The number of aryl methyl sites for hydroxylation is 4. The predicted molar refractivity (Wildman–Crippen MR) is 128 cm³/mol. The summed E-state index contributed by atoms with van der Waals surface area (Å²) in [5, 5.41) is 7.00. The highest BCUT2D eigenvalue weighted by Gasteiger charge is 2.15. The van der Waals surface area contributed by atoms with Crippen molar-refractivity contribution in [2.75, 3.05) is 11.1 Å². The van der Waals surface area contributed by atoms with E-state index in [9.17, 15) is 4.79 Å². The normalized spacial score (nSPS) is 11.1. The monoisotopic (exact) mass is 433 g/mol. The minimum atomic E-state index is -0.0401. The average Bonchev–Trinajstić information content (AvgIpc) is 3.15. The van der Waals surface area contributed by atoms with Gasteiger partial charge in [-0.25, -0.2) is 9.97 Å². The number of hydrogen-bond donors (Lipinski definition) is 1. The molecule has 0 spiro atoms. The van der Waals surface area contributed by atoms with E-state index in [0.29, 0.717) is 5.75 Å². The molecule has 0 saturated heterocycles. The van der Waals surface area contributed by atoms with E-state index in [2.05, 4.69) is 58.8 Å². The largest absolute Gasteiger partial charge is 0.325 e. The first-order valence-electron chi connectivity index (χ1n) is 9.72. The molecule has 0 atom stereocenters. The quantitative estimate of drug-likeness (QED) is 0.295. The van der Waals surface area contributed by atoms with E-state index in [0.717, 1.165) is 37.6 Å². The number of fused-ring (bicyclic) bond motifs is 1. The van der Waals surface area contributed by atoms with Crippen molar-refractivity contribution in [3.63, 3.8) is 0 Å². The maximum Gasteiger partial charge on any atom is 0.234 e. The van der Waals surface area contributed by atoms with Crippen LogP contribution >= 0.6 is 23.1 Å². The third kappa shape index (κ3) is 4.25. The molecular formula is C24H23N3OS2. The molecule has 1 amide bonds. The average molecular weight is 434 g/mol. The maximum absolute atomic E-state index is 12.6. The van der Waals surface area contributed by atoms with E-state index in [-0.39, 0.29) is 5.91 Å². The Kier molecular flexibility index (Phi) is 5.88. The van der Waals surface area contributed by atoms with Gasteiger partial charge in [0.25, 0.3) is 0 Å². The van der Waals surface area contributed by atoms with Crippen molar-refractivity contribution in [2.45, 2.75) is 32.7 Å². The van der Waals surface area contributed by atoms with Crippen LogP contribution in [0, 0.1) is 27.7 Å². The van der Waals surface area contributed by atoms with Gasteiger partial charge in [0.1, 0.15) is 16.2 Å². The minimum Gasteiger partial charge on any atom is -0.325 e. The summed E-state index contributed by atoms with van der Waals surface area (Å²) in [7, 11) is 0. The second-order valence-electron chi connectivity index (χ2n) is 7.46. The Balaban J connectivity index is 1.58. The molecule has 4 aromatic rings. The molecule has 0 radical (unpaired) electrons. The molecular weight excluding hydrogens is 410 g/mol. The second kappa shape index (κ2) is 8.58. The van der Waals surface area contributed by atoms with Crippen LogP contribution in [0.25, 0.3) is 21.3 Å². The van der Waals surface area contributed by atoms with E-state index < -0.39 is 0 Å². The number of amides is 1. The standard InChI is InChI=1S/C24H23N3OS2/c1-14-5-8-20(17(4)9-14)27-21(28)12-30-24-22-19(11-29-23(22)25-13-26-24)18-7-6-15(2)16(3)10-18/h5-11,13H,12H2,1-4H3,(H,27,28). The van der Waals surface area contributed by atoms with Gasteiger partial charge in [-0.2, -0.15) is 0 Å². The summed E-state index contributed by atoms with van der Waals surface area (Å²) in [6.45, 7) is 8.29. The van der Waals surface area contributed by atoms with Gasteiger partial charge in [0.2, 0.25) is 5.91 Å². The number of anilines is 1. The topological polar surface area (TPSA) is 54.9 Å². The molecule has 6 heteroatoms. The Morgan fingerprint density at radius 1 is 1.00 bits per heavy atom. The Morgan fingerprint density at radius 2 is 1.83 bits per heavy atom. The van der Waals surface area contributed by atoms with E-state index in [1.165, 1.54) is 28.5 Å². The number of nitrogens with zero attached hydrogens (tertiary/aromatic N) is 2. The van der Waals surface area contributed by atoms with Crippen LogP contribution in [-0.4, -0.2) is 21.6 Å². The zero-order chi connectivity index (χ0) is 21.3. The third-order valence-corrected chi connectivity index (χ3v) is 7.03. The third-order valence-electron chi connectivity index (χ3n) is 5.15. The Bertz CT molecular complexity index is 1250. The zero-order valence-electron chi connectivity index (χ0n) is 17.4. The molecule has 0 fully saturated rings. The van der Waals surface area contributed by atoms with Gasteiger partial charge in [-0.05, 0) is 56.0 Å². The van der Waals surface area contributed by atoms with Gasteiger partial charge in [-0.1, -0.05) is 47.7 Å². The van der Waals surface area contributed by atoms with Gasteiger partial charge >= 0.3 is 0 Å². The maximum atomic E-state index is 12.6. The van der Waals surface area contributed by atoms with Crippen LogP contribution in [-0.2, 0) is 4.79 Å². The molecule has 2 aromatic heterocycles. The van der Waals surface area contributed by atoms with Gasteiger partial charge in [0.15, 0.2) is 0 Å². The van der Waals surface area contributed by atoms with Gasteiger partial charge in [-0.3, -0.25) is 4.79 Å². The molecule has 2 heterocycles. The molecule has 4 rings (SSSR count). The highest BCUT2D eigenvalue weighted by Crippen LogP contribution is 2.38. The van der Waals surface area contributed by atoms with Crippen LogP contribution in [0.2, 0.25) is 0 Å². The highest BCUT2D eigenvalue weighted by molar-refractivity contribution is 8.00. The summed E-state index contributed by atoms with van der Waals surface area (Å²) >= 11 is 3.06. The van der Waals surface area contributed by atoms with Crippen LogP contribution in [0.3, 0.4) is 0 Å². The molecule has 2 aromatic carbocycles. The van der Waals surface area contributed by atoms with Crippen LogP contribution in [0.5, 0.6) is 0 Å². The molecule has 0 unspecified atom stereocenters. The second-order valence-corrected chi connectivity index (χ2v) is 9.28. The molecule has 1 N–H and O–H groups in total. The Morgan fingerprint density at radius 3 is 2.60 bits per heavy atom. The summed E-state index contributed by atoms with van der Waals surface area (Å²) < 4.78 is 0. The molecule has 0 saturated carbocycles. The molecule has 0 bridgehead atoms. The minimum absolute atomic E-state index is 0.0401. The van der Waals surface area contributed by atoms with Crippen molar-refractivity contribution in [1.29, 1.82) is 0 Å². The smallest absolute Gasteiger partial charge is 0.234 e. The number of nitrogens with one attached hydrogen (secondary N) is 1. The Hall–Kier alpha value is -2.70. The van der Waals surface area contributed by atoms with Gasteiger partial charge < -0.3 is 5.32 Å². The zero-order valence-corrected chi connectivity index (χ0v) is 19.1. The highest BCUT2D eigenvalue weighted by atomic mass is 32.2. The molecule has 30 heavy (non-hydrogen) atoms. The number of thiophene rings is 1. The number of rotatable bonds is 5. The lowest BCUT2D eigenvalue weighted by Crippen LogP contribution is -2.15. The number of aromatic nitrogens is 2. The lowest BCUT2D eigenvalue weighted by Gasteiger charge is -2.10. The fourth-order valence-corrected chi connectivity index (χ4v) is 5.15. The summed E-state index contributed by atoms with van der Waals surface area (Å²) in [6.07, 6.45) is 1.58. The van der Waals surface area contributed by atoms with Crippen molar-refractivity contribution in [3.8, 4) is 11.1 Å². The number of carbonyl (C=O) groups excluding carboxylic acids is 1. The first kappa shape index (κ1) is 20.6. The summed E-state index contributed by atoms with van der Waals surface area (Å²) in [5.41, 5.74) is 7.90. The van der Waals surface area contributed by atoms with Crippen LogP contribution in [0.1, 0.15) is 22.3 Å². The van der Waals surface area contributed by atoms with E-state index in [1.54, 1.807) is 17.7 Å². The van der Waals surface area contributed by atoms with Crippen molar-refractivity contribution < 1.29 is 4.79 Å². The summed E-state index contributed by atoms with van der Waals surface area (Å²) in [4.78, 5) is 22.4. The van der Waals surface area contributed by atoms with Crippen LogP contribution in [0.15, 0.2) is 53.1 Å².